The molecule has 1 saturated heterocycles. The summed E-state index contributed by atoms with van der Waals surface area (Å²) in [4.78, 5) is 25.7. The first-order chi connectivity index (χ1) is 13.4. The topological polar surface area (TPSA) is 104 Å². The van der Waals surface area contributed by atoms with Gasteiger partial charge in [0.25, 0.3) is 0 Å². The highest BCUT2D eigenvalue weighted by Gasteiger charge is 2.31. The third kappa shape index (κ3) is 4.88. The molecule has 0 spiro atoms. The predicted octanol–water partition coefficient (Wildman–Crippen LogP) is 2.36. The van der Waals surface area contributed by atoms with Crippen molar-refractivity contribution in [2.75, 3.05) is 13.1 Å². The first-order valence-electron chi connectivity index (χ1n) is 9.38. The molecule has 2 aromatic rings. The van der Waals surface area contributed by atoms with E-state index in [0.29, 0.717) is 13.1 Å². The maximum atomic E-state index is 12.8. The van der Waals surface area contributed by atoms with Crippen molar-refractivity contribution in [3.8, 4) is 0 Å². The van der Waals surface area contributed by atoms with Crippen LogP contribution in [0.1, 0.15) is 32.1 Å². The number of sulfonamides is 1. The fraction of sp³-hybridized carbons (Fsp3) is 0.400. The van der Waals surface area contributed by atoms with Crippen molar-refractivity contribution in [3.63, 3.8) is 0 Å². The molecule has 3 rings (SSSR count). The first kappa shape index (κ1) is 20.3. The Morgan fingerprint density at radius 2 is 1.64 bits per heavy atom. The second kappa shape index (κ2) is 8.70. The van der Waals surface area contributed by atoms with Gasteiger partial charge in [-0.3, -0.25) is 9.59 Å². The number of carboxylic acid groups (broad SMARTS) is 1. The highest BCUT2D eigenvalue weighted by Crippen LogP contribution is 2.20. The number of amides is 1. The molecule has 28 heavy (non-hydrogen) atoms. The third-order valence-corrected chi connectivity index (χ3v) is 6.39. The fourth-order valence-corrected chi connectivity index (χ4v) is 4.68. The molecular weight excluding hydrogens is 380 g/mol. The molecule has 1 amide bonds. The summed E-state index contributed by atoms with van der Waals surface area (Å²) in [6.45, 7) is 1.04. The fourth-order valence-electron chi connectivity index (χ4n) is 3.46. The molecule has 0 bridgehead atoms. The van der Waals surface area contributed by atoms with Gasteiger partial charge in [-0.1, -0.05) is 43.2 Å². The second-order valence-electron chi connectivity index (χ2n) is 7.02. The number of likely N-dealkylation sites (tertiary alicyclic amines) is 1. The lowest BCUT2D eigenvalue weighted by Crippen LogP contribution is -2.49. The van der Waals surface area contributed by atoms with Crippen LogP contribution in [0.3, 0.4) is 0 Å². The van der Waals surface area contributed by atoms with Crippen LogP contribution in [0.15, 0.2) is 47.4 Å². The molecule has 0 saturated carbocycles. The van der Waals surface area contributed by atoms with Crippen LogP contribution in [-0.4, -0.2) is 49.4 Å². The van der Waals surface area contributed by atoms with Crippen molar-refractivity contribution in [1.82, 2.24) is 9.62 Å². The zero-order chi connectivity index (χ0) is 20.1. The van der Waals surface area contributed by atoms with Crippen LogP contribution in [0, 0.1) is 0 Å². The molecule has 7 nitrogen and oxygen atoms in total. The number of aliphatic carboxylic acids is 1. The van der Waals surface area contributed by atoms with Crippen molar-refractivity contribution in [1.29, 1.82) is 0 Å². The SMILES string of the molecule is O=C(O)C[C@H](NS(=O)(=O)c1ccc2ccccc2c1)C(=O)N1CCCCCC1. The maximum Gasteiger partial charge on any atom is 0.305 e. The molecule has 1 atom stereocenters. The Bertz CT molecular complexity index is 965. The highest BCUT2D eigenvalue weighted by atomic mass is 32.2. The molecule has 0 aromatic heterocycles. The second-order valence-corrected chi connectivity index (χ2v) is 8.73. The van der Waals surface area contributed by atoms with E-state index in [9.17, 15) is 23.1 Å². The van der Waals surface area contributed by atoms with E-state index in [1.165, 1.54) is 12.1 Å². The highest BCUT2D eigenvalue weighted by molar-refractivity contribution is 7.89. The van der Waals surface area contributed by atoms with Crippen molar-refractivity contribution in [2.45, 2.75) is 43.0 Å². The van der Waals surface area contributed by atoms with E-state index in [-0.39, 0.29) is 4.90 Å². The van der Waals surface area contributed by atoms with E-state index >= 15 is 0 Å². The molecule has 0 unspecified atom stereocenters. The Hall–Kier alpha value is -2.45. The van der Waals surface area contributed by atoms with Crippen LogP contribution >= 0.6 is 0 Å². The minimum absolute atomic E-state index is 0.00487. The molecule has 0 aliphatic carbocycles. The van der Waals surface area contributed by atoms with Crippen LogP contribution in [0.25, 0.3) is 10.8 Å². The monoisotopic (exact) mass is 404 g/mol. The molecule has 150 valence electrons. The van der Waals surface area contributed by atoms with Gasteiger partial charge in [0.15, 0.2) is 0 Å². The standard InChI is InChI=1S/C20H24N2O5S/c23-19(24)14-18(20(25)22-11-5-1-2-6-12-22)21-28(26,27)17-10-9-15-7-3-4-8-16(15)13-17/h3-4,7-10,13,18,21H,1-2,5-6,11-12,14H2,(H,23,24)/t18-/m0/s1. The Balaban J connectivity index is 1.85. The lowest BCUT2D eigenvalue weighted by molar-refractivity contribution is -0.142. The summed E-state index contributed by atoms with van der Waals surface area (Å²) in [5.74, 6) is -1.71. The van der Waals surface area contributed by atoms with E-state index in [0.717, 1.165) is 36.5 Å². The largest absolute Gasteiger partial charge is 0.481 e. The van der Waals surface area contributed by atoms with Gasteiger partial charge in [0.2, 0.25) is 15.9 Å². The minimum Gasteiger partial charge on any atom is -0.481 e. The molecule has 1 aliphatic rings. The molecular formula is C20H24N2O5S. The maximum absolute atomic E-state index is 12.8. The average Bonchev–Trinajstić information content (AvgIpc) is 2.95. The number of benzene rings is 2. The molecule has 0 radical (unpaired) electrons. The summed E-state index contributed by atoms with van der Waals surface area (Å²) in [5.41, 5.74) is 0. The average molecular weight is 404 g/mol. The van der Waals surface area contributed by atoms with Crippen LogP contribution in [-0.2, 0) is 19.6 Å². The lowest BCUT2D eigenvalue weighted by atomic mass is 10.1. The van der Waals surface area contributed by atoms with Gasteiger partial charge in [0.05, 0.1) is 11.3 Å². The first-order valence-corrected chi connectivity index (χ1v) is 10.9. The number of fused-ring (bicyclic) bond motifs is 1. The number of carboxylic acids is 1. The number of rotatable bonds is 6. The third-order valence-electron chi connectivity index (χ3n) is 4.92. The van der Waals surface area contributed by atoms with E-state index in [4.69, 9.17) is 0 Å². The Morgan fingerprint density at radius 1 is 1.00 bits per heavy atom. The summed E-state index contributed by atoms with van der Waals surface area (Å²) in [7, 11) is -4.05. The Labute approximate surface area is 164 Å². The van der Waals surface area contributed by atoms with Crippen LogP contribution in [0.2, 0.25) is 0 Å². The van der Waals surface area contributed by atoms with Crippen LogP contribution < -0.4 is 4.72 Å². The number of carbonyl (C=O) groups excluding carboxylic acids is 1. The van der Waals surface area contributed by atoms with E-state index in [2.05, 4.69) is 4.72 Å². The van der Waals surface area contributed by atoms with Gasteiger partial charge < -0.3 is 10.0 Å². The van der Waals surface area contributed by atoms with Gasteiger partial charge in [0.1, 0.15) is 6.04 Å². The van der Waals surface area contributed by atoms with Gasteiger partial charge in [-0.2, -0.15) is 4.72 Å². The van der Waals surface area contributed by atoms with Gasteiger partial charge in [-0.15, -0.1) is 0 Å². The summed E-state index contributed by atoms with van der Waals surface area (Å²) in [6, 6.07) is 10.7. The van der Waals surface area contributed by atoms with E-state index in [1.807, 2.05) is 18.2 Å². The number of nitrogens with one attached hydrogen (secondary N) is 1. The molecule has 2 aromatic carbocycles. The van der Waals surface area contributed by atoms with Gasteiger partial charge in [-0.25, -0.2) is 8.42 Å². The summed E-state index contributed by atoms with van der Waals surface area (Å²) < 4.78 is 28.0. The Morgan fingerprint density at radius 3 is 2.29 bits per heavy atom. The lowest BCUT2D eigenvalue weighted by Gasteiger charge is -2.26. The van der Waals surface area contributed by atoms with Crippen molar-refractivity contribution in [2.24, 2.45) is 0 Å². The van der Waals surface area contributed by atoms with Crippen molar-refractivity contribution < 1.29 is 23.1 Å². The summed E-state index contributed by atoms with van der Waals surface area (Å²) >= 11 is 0. The smallest absolute Gasteiger partial charge is 0.305 e. The number of hydrogen-bond donors (Lipinski definition) is 2. The number of nitrogens with zero attached hydrogens (tertiary/aromatic N) is 1. The van der Waals surface area contributed by atoms with Gasteiger partial charge >= 0.3 is 5.97 Å². The van der Waals surface area contributed by atoms with Crippen LogP contribution in [0.5, 0.6) is 0 Å². The number of hydrogen-bond acceptors (Lipinski definition) is 4. The van der Waals surface area contributed by atoms with Gasteiger partial charge in [0, 0.05) is 13.1 Å². The molecule has 2 N–H and O–H groups in total. The molecule has 8 heteroatoms. The van der Waals surface area contributed by atoms with Crippen molar-refractivity contribution >= 4 is 32.7 Å². The molecule has 1 heterocycles. The van der Waals surface area contributed by atoms with Gasteiger partial charge in [-0.05, 0) is 35.7 Å². The Kier molecular flexibility index (Phi) is 6.31. The molecule has 1 aliphatic heterocycles. The predicted molar refractivity (Wildman–Crippen MR) is 105 cm³/mol. The normalized spacial score (nSPS) is 16.5. The minimum atomic E-state index is -4.05. The quantitative estimate of drug-likeness (QED) is 0.769. The zero-order valence-corrected chi connectivity index (χ0v) is 16.3. The summed E-state index contributed by atoms with van der Waals surface area (Å²) in [6.07, 6.45) is 3.10. The zero-order valence-electron chi connectivity index (χ0n) is 15.5. The molecule has 1 fully saturated rings. The number of carbonyl (C=O) groups is 2. The van der Waals surface area contributed by atoms with Crippen LogP contribution in [0.4, 0.5) is 0 Å². The van der Waals surface area contributed by atoms with E-state index < -0.39 is 34.4 Å². The summed E-state index contributed by atoms with van der Waals surface area (Å²) in [5, 5.41) is 10.8. The van der Waals surface area contributed by atoms with E-state index in [1.54, 1.807) is 17.0 Å². The van der Waals surface area contributed by atoms with Crippen molar-refractivity contribution in [3.05, 3.63) is 42.5 Å².